The van der Waals surface area contributed by atoms with Crippen molar-refractivity contribution in [1.82, 2.24) is 0 Å². The summed E-state index contributed by atoms with van der Waals surface area (Å²) in [7, 11) is -2.03. The molecule has 3 aromatic carbocycles. The van der Waals surface area contributed by atoms with E-state index in [1.807, 2.05) is 47.8 Å². The molecule has 180 valence electrons. The van der Waals surface area contributed by atoms with E-state index in [-0.39, 0.29) is 23.0 Å². The molecule has 0 bridgehead atoms. The van der Waals surface area contributed by atoms with Gasteiger partial charge in [0.05, 0.1) is 5.57 Å². The second kappa shape index (κ2) is 7.92. The van der Waals surface area contributed by atoms with Gasteiger partial charge < -0.3 is 4.90 Å². The summed E-state index contributed by atoms with van der Waals surface area (Å²) in [6.07, 6.45) is 1.70. The van der Waals surface area contributed by atoms with Crippen LogP contribution in [-0.2, 0) is 0 Å². The highest BCUT2D eigenvalue weighted by molar-refractivity contribution is 7.17. The SMILES string of the molecule is C[Si]1(C)c2ccccc2N(c2ccc(/C=C3/C(=O)c4cc5ccsc5cc4C3=O)s2)c2cc(F)ccc21. The molecule has 7 heteroatoms. The fourth-order valence-corrected chi connectivity index (χ4v) is 10.3. The third kappa shape index (κ3) is 3.28. The molecule has 0 amide bonds. The van der Waals surface area contributed by atoms with Crippen LogP contribution in [-0.4, -0.2) is 19.6 Å². The van der Waals surface area contributed by atoms with Gasteiger partial charge in [-0.2, -0.15) is 0 Å². The van der Waals surface area contributed by atoms with Gasteiger partial charge in [0.15, 0.2) is 11.6 Å². The first-order chi connectivity index (χ1) is 17.8. The summed E-state index contributed by atoms with van der Waals surface area (Å²) < 4.78 is 15.5. The minimum Gasteiger partial charge on any atom is -0.302 e. The number of halogens is 1. The molecule has 0 radical (unpaired) electrons. The molecule has 2 aromatic heterocycles. The number of nitrogens with zero attached hydrogens (tertiary/aromatic N) is 1. The van der Waals surface area contributed by atoms with Gasteiger partial charge in [0, 0.05) is 32.1 Å². The van der Waals surface area contributed by atoms with Crippen LogP contribution < -0.4 is 15.3 Å². The Balaban J connectivity index is 1.33. The number of carbonyl (C=O) groups is 2. The molecule has 5 aromatic rings. The van der Waals surface area contributed by atoms with E-state index < -0.39 is 8.07 Å². The van der Waals surface area contributed by atoms with E-state index in [1.165, 1.54) is 21.7 Å². The minimum atomic E-state index is -2.03. The summed E-state index contributed by atoms with van der Waals surface area (Å²) in [5.74, 6) is -0.730. The van der Waals surface area contributed by atoms with Crippen molar-refractivity contribution in [2.45, 2.75) is 13.1 Å². The zero-order valence-corrected chi connectivity index (χ0v) is 22.7. The molecular formula is C30H20FNO2S2Si. The Morgan fingerprint density at radius 2 is 1.59 bits per heavy atom. The van der Waals surface area contributed by atoms with Gasteiger partial charge in [-0.1, -0.05) is 37.4 Å². The monoisotopic (exact) mass is 537 g/mol. The molecule has 37 heavy (non-hydrogen) atoms. The minimum absolute atomic E-state index is 0.195. The Kier molecular flexibility index (Phi) is 4.82. The fourth-order valence-electron chi connectivity index (χ4n) is 5.52. The van der Waals surface area contributed by atoms with E-state index in [1.54, 1.807) is 29.5 Å². The Morgan fingerprint density at radius 3 is 2.43 bits per heavy atom. The van der Waals surface area contributed by atoms with Gasteiger partial charge in [-0.15, -0.1) is 22.7 Å². The van der Waals surface area contributed by atoms with E-state index in [9.17, 15) is 14.0 Å². The van der Waals surface area contributed by atoms with Gasteiger partial charge in [-0.3, -0.25) is 9.59 Å². The lowest BCUT2D eigenvalue weighted by molar-refractivity contribution is 0.0990. The number of hydrogen-bond acceptors (Lipinski definition) is 5. The number of fused-ring (bicyclic) bond motifs is 4. The molecule has 0 atom stereocenters. The van der Waals surface area contributed by atoms with Crippen LogP contribution in [0.2, 0.25) is 13.1 Å². The molecule has 0 fully saturated rings. The van der Waals surface area contributed by atoms with Crippen molar-refractivity contribution in [2.24, 2.45) is 0 Å². The summed E-state index contributed by atoms with van der Waals surface area (Å²) >= 11 is 3.05. The highest BCUT2D eigenvalue weighted by atomic mass is 32.1. The van der Waals surface area contributed by atoms with Crippen LogP contribution >= 0.6 is 22.7 Å². The Hall–Kier alpha value is -3.65. The van der Waals surface area contributed by atoms with Gasteiger partial charge in [0.2, 0.25) is 0 Å². The molecule has 3 nitrogen and oxygen atoms in total. The number of anilines is 3. The van der Waals surface area contributed by atoms with Crippen molar-refractivity contribution in [3.8, 4) is 0 Å². The summed E-state index contributed by atoms with van der Waals surface area (Å²) in [5, 5.41) is 6.32. The maximum Gasteiger partial charge on any atom is 0.197 e. The van der Waals surface area contributed by atoms with Gasteiger partial charge in [0.1, 0.15) is 18.9 Å². The van der Waals surface area contributed by atoms with E-state index in [2.05, 4.69) is 36.2 Å². The molecule has 0 N–H and O–H groups in total. The first-order valence-electron chi connectivity index (χ1n) is 11.9. The number of Topliss-reactive ketones (excluding diaryl/α,β-unsaturated/α-hetero) is 2. The second-order valence-electron chi connectivity index (χ2n) is 9.89. The van der Waals surface area contributed by atoms with E-state index in [0.29, 0.717) is 11.1 Å². The summed E-state index contributed by atoms with van der Waals surface area (Å²) in [6, 6.07) is 22.9. The molecular weight excluding hydrogens is 518 g/mol. The third-order valence-corrected chi connectivity index (χ3v) is 12.8. The number of allylic oxidation sites excluding steroid dienone is 1. The molecule has 3 heterocycles. The van der Waals surface area contributed by atoms with Crippen molar-refractivity contribution >= 4 is 85.2 Å². The Bertz CT molecular complexity index is 1780. The normalized spacial score (nSPS) is 16.8. The van der Waals surface area contributed by atoms with E-state index in [0.717, 1.165) is 31.3 Å². The first kappa shape index (κ1) is 22.5. The van der Waals surface area contributed by atoms with Crippen LogP contribution in [0.25, 0.3) is 16.2 Å². The standard InChI is InChI=1S/C30H20FNO2S2Si/c1-37(2)26-6-4-3-5-23(26)32(24-14-18(31)7-9-27(24)37)28-10-8-19(36-28)15-22-29(33)20-13-17-11-12-35-25(17)16-21(20)30(22)34/h3-16H,1-2H3/b22-15-. The lowest BCUT2D eigenvalue weighted by Crippen LogP contribution is -2.58. The zero-order chi connectivity index (χ0) is 25.5. The molecule has 0 saturated carbocycles. The van der Waals surface area contributed by atoms with Gasteiger partial charge >= 0.3 is 0 Å². The summed E-state index contributed by atoms with van der Waals surface area (Å²) in [4.78, 5) is 29.3. The highest BCUT2D eigenvalue weighted by Crippen LogP contribution is 2.42. The fraction of sp³-hybridized carbons (Fsp3) is 0.0667. The largest absolute Gasteiger partial charge is 0.302 e. The number of hydrogen-bond donors (Lipinski definition) is 0. The smallest absolute Gasteiger partial charge is 0.197 e. The average Bonchev–Trinajstić information content (AvgIpc) is 3.59. The average molecular weight is 538 g/mol. The third-order valence-electron chi connectivity index (χ3n) is 7.38. The number of rotatable bonds is 2. The predicted octanol–water partition coefficient (Wildman–Crippen LogP) is 7.17. The van der Waals surface area contributed by atoms with Crippen LogP contribution in [0.4, 0.5) is 20.8 Å². The van der Waals surface area contributed by atoms with Crippen molar-refractivity contribution < 1.29 is 14.0 Å². The van der Waals surface area contributed by atoms with E-state index in [4.69, 9.17) is 0 Å². The van der Waals surface area contributed by atoms with Crippen molar-refractivity contribution in [1.29, 1.82) is 0 Å². The summed E-state index contributed by atoms with van der Waals surface area (Å²) in [6.45, 7) is 4.59. The Labute approximate surface area is 222 Å². The quantitative estimate of drug-likeness (QED) is 0.136. The lowest BCUT2D eigenvalue weighted by atomic mass is 10.1. The topological polar surface area (TPSA) is 37.4 Å². The molecule has 0 unspecified atom stereocenters. The van der Waals surface area contributed by atoms with Crippen LogP contribution in [0, 0.1) is 5.82 Å². The Morgan fingerprint density at radius 1 is 0.838 bits per heavy atom. The number of carbonyl (C=O) groups excluding carboxylic acids is 2. The van der Waals surface area contributed by atoms with Crippen LogP contribution in [0.3, 0.4) is 0 Å². The highest BCUT2D eigenvalue weighted by Gasteiger charge is 2.39. The first-order valence-corrected chi connectivity index (χ1v) is 16.6. The molecule has 0 spiro atoms. The zero-order valence-electron chi connectivity index (χ0n) is 20.0. The van der Waals surface area contributed by atoms with Crippen molar-refractivity contribution in [3.63, 3.8) is 0 Å². The predicted molar refractivity (Wildman–Crippen MR) is 154 cm³/mol. The number of ketones is 2. The maximum atomic E-state index is 14.5. The van der Waals surface area contributed by atoms with Crippen LogP contribution in [0.1, 0.15) is 25.6 Å². The van der Waals surface area contributed by atoms with Crippen molar-refractivity contribution in [2.75, 3.05) is 4.90 Å². The number of para-hydroxylation sites is 1. The van der Waals surface area contributed by atoms with Crippen molar-refractivity contribution in [3.05, 3.63) is 106 Å². The lowest BCUT2D eigenvalue weighted by Gasteiger charge is -2.40. The maximum absolute atomic E-state index is 14.5. The van der Waals surface area contributed by atoms with E-state index >= 15 is 0 Å². The molecule has 0 saturated heterocycles. The van der Waals surface area contributed by atoms with Gasteiger partial charge in [-0.05, 0) is 75.7 Å². The molecule has 7 rings (SSSR count). The molecule has 2 aliphatic rings. The number of benzene rings is 3. The molecule has 1 aliphatic carbocycles. The molecule has 1 aliphatic heterocycles. The summed E-state index contributed by atoms with van der Waals surface area (Å²) in [5.41, 5.74) is 3.06. The second-order valence-corrected chi connectivity index (χ2v) is 16.3. The van der Waals surface area contributed by atoms with Crippen LogP contribution in [0.5, 0.6) is 0 Å². The van der Waals surface area contributed by atoms with Crippen LogP contribution in [0.15, 0.2) is 83.7 Å². The van der Waals surface area contributed by atoms with Gasteiger partial charge in [0.25, 0.3) is 0 Å². The number of thiophene rings is 2. The van der Waals surface area contributed by atoms with Gasteiger partial charge in [-0.25, -0.2) is 4.39 Å².